The van der Waals surface area contributed by atoms with Crippen molar-refractivity contribution < 1.29 is 27.8 Å². The first-order valence-electron chi connectivity index (χ1n) is 6.54. The molecule has 1 fully saturated rings. The highest BCUT2D eigenvalue weighted by Gasteiger charge is 2.26. The molecule has 1 heterocycles. The number of hydrogen-bond donors (Lipinski definition) is 2. The van der Waals surface area contributed by atoms with Gasteiger partial charge in [0.1, 0.15) is 11.3 Å². The van der Waals surface area contributed by atoms with Gasteiger partial charge in [0, 0.05) is 0 Å². The van der Waals surface area contributed by atoms with Gasteiger partial charge < -0.3 is 14.6 Å². The van der Waals surface area contributed by atoms with Crippen LogP contribution in [-0.4, -0.2) is 45.4 Å². The van der Waals surface area contributed by atoms with Crippen molar-refractivity contribution in [1.29, 1.82) is 0 Å². The van der Waals surface area contributed by atoms with Gasteiger partial charge in [0.25, 0.3) is 0 Å². The number of ether oxygens (including phenoxy) is 2. The number of carboxylic acid groups (broad SMARTS) is 1. The molecule has 1 saturated heterocycles. The normalized spacial score (nSPS) is 15.5. The number of carboxylic acids is 1. The first kappa shape index (κ1) is 15.7. The lowest BCUT2D eigenvalue weighted by Gasteiger charge is -2.26. The van der Waals surface area contributed by atoms with E-state index in [0.29, 0.717) is 19.8 Å². The van der Waals surface area contributed by atoms with Crippen LogP contribution in [0.2, 0.25) is 0 Å². The van der Waals surface area contributed by atoms with Crippen LogP contribution in [0.25, 0.3) is 0 Å². The Kier molecular flexibility index (Phi) is 4.81. The molecule has 0 radical (unpaired) electrons. The Hall–Kier alpha value is -1.64. The van der Waals surface area contributed by atoms with E-state index < -0.39 is 16.0 Å². The van der Waals surface area contributed by atoms with Crippen molar-refractivity contribution in [2.45, 2.75) is 24.3 Å². The Labute approximate surface area is 122 Å². The summed E-state index contributed by atoms with van der Waals surface area (Å²) >= 11 is 0. The fourth-order valence-corrected chi connectivity index (χ4v) is 3.00. The van der Waals surface area contributed by atoms with Crippen molar-refractivity contribution in [3.8, 4) is 5.75 Å². The average molecular weight is 315 g/mol. The second-order valence-corrected chi connectivity index (χ2v) is 6.38. The predicted molar refractivity (Wildman–Crippen MR) is 74.1 cm³/mol. The Morgan fingerprint density at radius 1 is 1.48 bits per heavy atom. The van der Waals surface area contributed by atoms with Crippen LogP contribution in [-0.2, 0) is 14.8 Å². The van der Waals surface area contributed by atoms with E-state index >= 15 is 0 Å². The molecule has 0 aliphatic carbocycles. The third-order valence-corrected chi connectivity index (χ3v) is 4.43. The quantitative estimate of drug-likeness (QED) is 0.773. The van der Waals surface area contributed by atoms with Crippen LogP contribution in [0.4, 0.5) is 0 Å². The minimum atomic E-state index is -3.76. The van der Waals surface area contributed by atoms with Gasteiger partial charge in [-0.1, -0.05) is 6.92 Å². The monoisotopic (exact) mass is 315 g/mol. The van der Waals surface area contributed by atoms with E-state index in [1.807, 2.05) is 6.92 Å². The van der Waals surface area contributed by atoms with Crippen molar-refractivity contribution >= 4 is 16.0 Å². The summed E-state index contributed by atoms with van der Waals surface area (Å²) in [6.45, 7) is 2.90. The smallest absolute Gasteiger partial charge is 0.339 e. The second kappa shape index (κ2) is 6.42. The third kappa shape index (κ3) is 3.72. The molecule has 0 unspecified atom stereocenters. The second-order valence-electron chi connectivity index (χ2n) is 4.67. The van der Waals surface area contributed by atoms with Crippen LogP contribution in [0.15, 0.2) is 23.1 Å². The van der Waals surface area contributed by atoms with E-state index in [0.717, 1.165) is 12.5 Å². The molecule has 1 aliphatic heterocycles. The van der Waals surface area contributed by atoms with E-state index in [-0.39, 0.29) is 22.3 Å². The third-order valence-electron chi connectivity index (χ3n) is 2.91. The topological polar surface area (TPSA) is 102 Å². The SMILES string of the molecule is CCCOc1ccc(S(=O)(=O)NC2COC2)cc1C(=O)O. The molecule has 0 aromatic heterocycles. The number of nitrogens with one attached hydrogen (secondary N) is 1. The fraction of sp³-hybridized carbons (Fsp3) is 0.462. The van der Waals surface area contributed by atoms with E-state index in [9.17, 15) is 18.3 Å². The summed E-state index contributed by atoms with van der Waals surface area (Å²) in [5.41, 5.74) is -0.170. The maximum atomic E-state index is 12.1. The highest BCUT2D eigenvalue weighted by Crippen LogP contribution is 2.23. The molecular formula is C13H17NO6S. The maximum absolute atomic E-state index is 12.1. The number of rotatable bonds is 7. The van der Waals surface area contributed by atoms with Crippen molar-refractivity contribution in [2.75, 3.05) is 19.8 Å². The summed E-state index contributed by atoms with van der Waals surface area (Å²) < 4.78 is 36.9. The molecule has 1 aromatic rings. The summed E-state index contributed by atoms with van der Waals surface area (Å²) in [7, 11) is -3.76. The lowest BCUT2D eigenvalue weighted by Crippen LogP contribution is -2.48. The summed E-state index contributed by atoms with van der Waals surface area (Å²) in [4.78, 5) is 11.1. The highest BCUT2D eigenvalue weighted by molar-refractivity contribution is 7.89. The molecule has 1 aromatic carbocycles. The molecule has 7 nitrogen and oxygen atoms in total. The van der Waals surface area contributed by atoms with Gasteiger partial charge in [0.2, 0.25) is 10.0 Å². The van der Waals surface area contributed by atoms with Gasteiger partial charge in [-0.05, 0) is 24.6 Å². The van der Waals surface area contributed by atoms with E-state index in [1.54, 1.807) is 0 Å². The Balaban J connectivity index is 2.27. The summed E-state index contributed by atoms with van der Waals surface area (Å²) in [5, 5.41) is 9.18. The van der Waals surface area contributed by atoms with Crippen LogP contribution >= 0.6 is 0 Å². The van der Waals surface area contributed by atoms with Gasteiger partial charge in [0.05, 0.1) is 30.8 Å². The average Bonchev–Trinajstić information content (AvgIpc) is 2.40. The van der Waals surface area contributed by atoms with Gasteiger partial charge in [-0.25, -0.2) is 17.9 Å². The van der Waals surface area contributed by atoms with E-state index in [1.165, 1.54) is 12.1 Å². The highest BCUT2D eigenvalue weighted by atomic mass is 32.2. The maximum Gasteiger partial charge on any atom is 0.339 e. The first-order chi connectivity index (χ1) is 9.94. The van der Waals surface area contributed by atoms with Gasteiger partial charge in [-0.15, -0.1) is 0 Å². The van der Waals surface area contributed by atoms with Crippen molar-refractivity contribution in [3.05, 3.63) is 23.8 Å². The molecule has 0 atom stereocenters. The van der Waals surface area contributed by atoms with Crippen molar-refractivity contribution in [2.24, 2.45) is 0 Å². The van der Waals surface area contributed by atoms with Crippen LogP contribution in [0.1, 0.15) is 23.7 Å². The molecule has 0 spiro atoms. The molecule has 0 amide bonds. The summed E-state index contributed by atoms with van der Waals surface area (Å²) in [6.07, 6.45) is 0.725. The van der Waals surface area contributed by atoms with Crippen LogP contribution < -0.4 is 9.46 Å². The minimum Gasteiger partial charge on any atom is -0.493 e. The van der Waals surface area contributed by atoms with Gasteiger partial charge in [0.15, 0.2) is 0 Å². The summed E-state index contributed by atoms with van der Waals surface area (Å²) in [5.74, 6) is -1.07. The lowest BCUT2D eigenvalue weighted by molar-refractivity contribution is 0.00482. The molecule has 8 heteroatoms. The van der Waals surface area contributed by atoms with Crippen LogP contribution in [0.5, 0.6) is 5.75 Å². The van der Waals surface area contributed by atoms with Gasteiger partial charge in [-0.3, -0.25) is 0 Å². The van der Waals surface area contributed by atoms with Crippen LogP contribution in [0.3, 0.4) is 0 Å². The molecule has 2 N–H and O–H groups in total. The molecule has 116 valence electrons. The predicted octanol–water partition coefficient (Wildman–Crippen LogP) is 0.851. The molecule has 0 bridgehead atoms. The summed E-state index contributed by atoms with van der Waals surface area (Å²) in [6, 6.07) is 3.54. The number of carbonyl (C=O) groups is 1. The molecule has 1 aliphatic rings. The Morgan fingerprint density at radius 2 is 2.19 bits per heavy atom. The molecule has 2 rings (SSSR count). The minimum absolute atomic E-state index is 0.101. The Bertz CT molecular complexity index is 624. The van der Waals surface area contributed by atoms with Gasteiger partial charge in [-0.2, -0.15) is 0 Å². The zero-order chi connectivity index (χ0) is 15.5. The van der Waals surface area contributed by atoms with Crippen LogP contribution in [0, 0.1) is 0 Å². The number of hydrogen-bond acceptors (Lipinski definition) is 5. The standard InChI is InChI=1S/C13H17NO6S/c1-2-5-20-12-4-3-10(6-11(12)13(15)16)21(17,18)14-9-7-19-8-9/h3-4,6,9,14H,2,5,7-8H2,1H3,(H,15,16). The number of aromatic carboxylic acids is 1. The number of sulfonamides is 1. The van der Waals surface area contributed by atoms with E-state index in [4.69, 9.17) is 9.47 Å². The fourth-order valence-electron chi connectivity index (χ4n) is 1.77. The zero-order valence-electron chi connectivity index (χ0n) is 11.5. The van der Waals surface area contributed by atoms with Gasteiger partial charge >= 0.3 is 5.97 Å². The Morgan fingerprint density at radius 3 is 2.71 bits per heavy atom. The van der Waals surface area contributed by atoms with E-state index in [2.05, 4.69) is 4.72 Å². The lowest BCUT2D eigenvalue weighted by atomic mass is 10.2. The molecular weight excluding hydrogens is 298 g/mol. The largest absolute Gasteiger partial charge is 0.493 e. The molecule has 21 heavy (non-hydrogen) atoms. The van der Waals surface area contributed by atoms with Crippen molar-refractivity contribution in [3.63, 3.8) is 0 Å². The molecule has 0 saturated carbocycles. The number of benzene rings is 1. The zero-order valence-corrected chi connectivity index (χ0v) is 12.4. The van der Waals surface area contributed by atoms with Crippen molar-refractivity contribution in [1.82, 2.24) is 4.72 Å². The first-order valence-corrected chi connectivity index (χ1v) is 8.02.